The van der Waals surface area contributed by atoms with E-state index in [1.807, 2.05) is 0 Å². The van der Waals surface area contributed by atoms with E-state index in [4.69, 9.17) is 0 Å². The predicted molar refractivity (Wildman–Crippen MR) is 73.2 cm³/mol. The molecule has 1 aromatic carbocycles. The standard InChI is InChI=1S/C15H13NO4/c1-9-7-13(19)16-15(20)14(9)12(18)8-11(17)10-5-3-2-4-6-10/h2-7H,8H2,1H3,(H2,16,19,20). The van der Waals surface area contributed by atoms with Gasteiger partial charge in [-0.25, -0.2) is 0 Å². The molecule has 20 heavy (non-hydrogen) atoms. The topological polar surface area (TPSA) is 87.2 Å². The van der Waals surface area contributed by atoms with Crippen LogP contribution in [0.15, 0.2) is 41.2 Å². The van der Waals surface area contributed by atoms with E-state index in [2.05, 4.69) is 4.98 Å². The van der Waals surface area contributed by atoms with Gasteiger partial charge in [0.1, 0.15) is 0 Å². The number of hydrogen-bond donors (Lipinski definition) is 2. The molecule has 2 rings (SSSR count). The first-order chi connectivity index (χ1) is 9.49. The van der Waals surface area contributed by atoms with Crippen molar-refractivity contribution in [2.45, 2.75) is 13.3 Å². The number of hydrogen-bond acceptors (Lipinski definition) is 4. The Hall–Kier alpha value is -2.69. The minimum absolute atomic E-state index is 0.0196. The van der Waals surface area contributed by atoms with Crippen LogP contribution < -0.4 is 5.56 Å². The quantitative estimate of drug-likeness (QED) is 0.656. The maximum absolute atomic E-state index is 12.1. The summed E-state index contributed by atoms with van der Waals surface area (Å²) in [5.74, 6) is -1.36. The van der Waals surface area contributed by atoms with Crippen molar-refractivity contribution in [1.29, 1.82) is 0 Å². The molecule has 2 N–H and O–H groups in total. The summed E-state index contributed by atoms with van der Waals surface area (Å²) >= 11 is 0. The molecule has 0 atom stereocenters. The van der Waals surface area contributed by atoms with Crippen LogP contribution in [0.3, 0.4) is 0 Å². The van der Waals surface area contributed by atoms with Crippen LogP contribution in [0.1, 0.15) is 32.7 Å². The van der Waals surface area contributed by atoms with Crippen LogP contribution in [0.2, 0.25) is 0 Å². The minimum Gasteiger partial charge on any atom is -0.494 e. The number of nitrogens with one attached hydrogen (secondary N) is 1. The van der Waals surface area contributed by atoms with Crippen molar-refractivity contribution in [2.24, 2.45) is 0 Å². The summed E-state index contributed by atoms with van der Waals surface area (Å²) in [4.78, 5) is 37.3. The summed E-state index contributed by atoms with van der Waals surface area (Å²) in [6, 6.07) is 9.64. The normalized spacial score (nSPS) is 10.2. The predicted octanol–water partition coefficient (Wildman–Crippen LogP) is 1.84. The van der Waals surface area contributed by atoms with Gasteiger partial charge in [0, 0.05) is 11.6 Å². The SMILES string of the molecule is Cc1cc(=O)[nH]c(O)c1C(=O)CC(=O)c1ccccc1. The van der Waals surface area contributed by atoms with Crippen molar-refractivity contribution in [2.75, 3.05) is 0 Å². The van der Waals surface area contributed by atoms with E-state index in [1.54, 1.807) is 30.3 Å². The van der Waals surface area contributed by atoms with Crippen LogP contribution in [0.5, 0.6) is 5.88 Å². The van der Waals surface area contributed by atoms with E-state index < -0.39 is 17.2 Å². The smallest absolute Gasteiger partial charge is 0.250 e. The van der Waals surface area contributed by atoms with Crippen LogP contribution in [-0.4, -0.2) is 21.7 Å². The number of Topliss-reactive ketones (excluding diaryl/α,β-unsaturated/α-hetero) is 2. The zero-order valence-corrected chi connectivity index (χ0v) is 10.8. The maximum Gasteiger partial charge on any atom is 0.250 e. The molecule has 0 amide bonds. The van der Waals surface area contributed by atoms with Gasteiger partial charge in [0.15, 0.2) is 11.6 Å². The van der Waals surface area contributed by atoms with Gasteiger partial charge in [-0.15, -0.1) is 0 Å². The van der Waals surface area contributed by atoms with Crippen molar-refractivity contribution >= 4 is 11.6 Å². The number of rotatable bonds is 4. The Morgan fingerprint density at radius 3 is 2.40 bits per heavy atom. The van der Waals surface area contributed by atoms with Crippen molar-refractivity contribution in [1.82, 2.24) is 4.98 Å². The molecule has 102 valence electrons. The molecule has 0 aliphatic heterocycles. The summed E-state index contributed by atoms with van der Waals surface area (Å²) in [7, 11) is 0. The molecule has 5 nitrogen and oxygen atoms in total. The fraction of sp³-hybridized carbons (Fsp3) is 0.133. The highest BCUT2D eigenvalue weighted by molar-refractivity contribution is 6.14. The first-order valence-corrected chi connectivity index (χ1v) is 6.03. The lowest BCUT2D eigenvalue weighted by Crippen LogP contribution is -2.14. The second-order valence-electron chi connectivity index (χ2n) is 4.43. The number of aryl methyl sites for hydroxylation is 1. The summed E-state index contributed by atoms with van der Waals surface area (Å²) in [5, 5.41) is 9.64. The van der Waals surface area contributed by atoms with E-state index in [1.165, 1.54) is 13.0 Å². The summed E-state index contributed by atoms with van der Waals surface area (Å²) in [6.07, 6.45) is -0.357. The second kappa shape index (κ2) is 5.52. The number of H-pyrrole nitrogens is 1. The lowest BCUT2D eigenvalue weighted by Gasteiger charge is -2.06. The molecule has 0 bridgehead atoms. The molecular formula is C15H13NO4. The van der Waals surface area contributed by atoms with Gasteiger partial charge in [-0.2, -0.15) is 0 Å². The Kier molecular flexibility index (Phi) is 3.79. The molecule has 0 fully saturated rings. The number of pyridine rings is 1. The molecule has 0 saturated carbocycles. The highest BCUT2D eigenvalue weighted by Crippen LogP contribution is 2.18. The van der Waals surface area contributed by atoms with E-state index in [0.717, 1.165) is 0 Å². The van der Waals surface area contributed by atoms with E-state index in [0.29, 0.717) is 11.1 Å². The summed E-state index contributed by atoms with van der Waals surface area (Å²) in [6.45, 7) is 1.54. The molecule has 0 radical (unpaired) electrons. The monoisotopic (exact) mass is 271 g/mol. The van der Waals surface area contributed by atoms with Gasteiger partial charge in [0.05, 0.1) is 12.0 Å². The second-order valence-corrected chi connectivity index (χ2v) is 4.43. The highest BCUT2D eigenvalue weighted by atomic mass is 16.3. The lowest BCUT2D eigenvalue weighted by molar-refractivity contribution is 0.0892. The Bertz CT molecular complexity index is 690. The summed E-state index contributed by atoms with van der Waals surface area (Å²) < 4.78 is 0. The average molecular weight is 271 g/mol. The molecule has 0 spiro atoms. The Balaban J connectivity index is 2.26. The van der Waals surface area contributed by atoms with E-state index >= 15 is 0 Å². The zero-order valence-electron chi connectivity index (χ0n) is 10.8. The van der Waals surface area contributed by atoms with Crippen LogP contribution in [-0.2, 0) is 0 Å². The zero-order chi connectivity index (χ0) is 14.7. The third kappa shape index (κ3) is 2.83. The van der Waals surface area contributed by atoms with Gasteiger partial charge in [0.2, 0.25) is 5.88 Å². The van der Waals surface area contributed by atoms with Crippen molar-refractivity contribution < 1.29 is 14.7 Å². The number of carbonyl (C=O) groups is 2. The Labute approximate surface area is 114 Å². The third-order valence-electron chi connectivity index (χ3n) is 2.92. The van der Waals surface area contributed by atoms with E-state index in [-0.39, 0.29) is 17.8 Å². The Morgan fingerprint density at radius 1 is 1.15 bits per heavy atom. The molecule has 0 aliphatic rings. The molecule has 0 unspecified atom stereocenters. The number of benzene rings is 1. The van der Waals surface area contributed by atoms with Gasteiger partial charge >= 0.3 is 0 Å². The van der Waals surface area contributed by atoms with Gasteiger partial charge in [0.25, 0.3) is 5.56 Å². The highest BCUT2D eigenvalue weighted by Gasteiger charge is 2.19. The first-order valence-electron chi connectivity index (χ1n) is 6.03. The van der Waals surface area contributed by atoms with Gasteiger partial charge in [-0.1, -0.05) is 30.3 Å². The fourth-order valence-corrected chi connectivity index (χ4v) is 1.98. The van der Waals surface area contributed by atoms with Gasteiger partial charge in [-0.3, -0.25) is 19.4 Å². The maximum atomic E-state index is 12.1. The third-order valence-corrected chi connectivity index (χ3v) is 2.92. The molecule has 1 heterocycles. The van der Waals surface area contributed by atoms with Crippen LogP contribution >= 0.6 is 0 Å². The number of ketones is 2. The molecule has 0 saturated heterocycles. The Morgan fingerprint density at radius 2 is 1.80 bits per heavy atom. The summed E-state index contributed by atoms with van der Waals surface area (Å²) in [5.41, 5.74) is 0.263. The van der Waals surface area contributed by atoms with Gasteiger partial charge in [-0.05, 0) is 12.5 Å². The molecule has 5 heteroatoms. The van der Waals surface area contributed by atoms with Crippen molar-refractivity contribution in [3.63, 3.8) is 0 Å². The van der Waals surface area contributed by atoms with Crippen molar-refractivity contribution in [3.8, 4) is 5.88 Å². The molecular weight excluding hydrogens is 258 g/mol. The fourth-order valence-electron chi connectivity index (χ4n) is 1.98. The lowest BCUT2D eigenvalue weighted by atomic mass is 9.99. The number of aromatic amines is 1. The van der Waals surface area contributed by atoms with E-state index in [9.17, 15) is 19.5 Å². The van der Waals surface area contributed by atoms with Crippen LogP contribution in [0, 0.1) is 6.92 Å². The van der Waals surface area contributed by atoms with Crippen LogP contribution in [0.25, 0.3) is 0 Å². The molecule has 0 aliphatic carbocycles. The molecule has 2 aromatic rings. The first kappa shape index (κ1) is 13.7. The van der Waals surface area contributed by atoms with Crippen molar-refractivity contribution in [3.05, 3.63) is 63.4 Å². The average Bonchev–Trinajstić information content (AvgIpc) is 2.38. The van der Waals surface area contributed by atoms with Gasteiger partial charge < -0.3 is 5.11 Å². The minimum atomic E-state index is -0.523. The van der Waals surface area contributed by atoms with Crippen LogP contribution in [0.4, 0.5) is 0 Å². The number of carbonyl (C=O) groups excluding carboxylic acids is 2. The number of aromatic hydroxyl groups is 1. The molecule has 1 aromatic heterocycles. The largest absolute Gasteiger partial charge is 0.494 e. The number of aromatic nitrogens is 1.